The van der Waals surface area contributed by atoms with Crippen LogP contribution in [0.3, 0.4) is 0 Å². The van der Waals surface area contributed by atoms with Crippen LogP contribution in [0.15, 0.2) is 36.4 Å². The molecule has 0 aliphatic carbocycles. The number of halogens is 2. The predicted molar refractivity (Wildman–Crippen MR) is 79.4 cm³/mol. The molecule has 0 aliphatic rings. The molecule has 0 aliphatic heterocycles. The molecule has 0 spiro atoms. The molecule has 0 amide bonds. The van der Waals surface area contributed by atoms with Crippen molar-refractivity contribution >= 4 is 11.6 Å². The van der Waals surface area contributed by atoms with Gasteiger partial charge in [-0.3, -0.25) is 0 Å². The average Bonchev–Trinajstić information content (AvgIpc) is 2.33. The molecule has 2 aromatic rings. The Labute approximate surface area is 119 Å². The molecule has 19 heavy (non-hydrogen) atoms. The second-order valence-electron chi connectivity index (χ2n) is 5.13. The van der Waals surface area contributed by atoms with Crippen LogP contribution in [-0.4, -0.2) is 0 Å². The normalized spacial score (nSPS) is 12.5. The van der Waals surface area contributed by atoms with Crippen LogP contribution in [0.25, 0.3) is 0 Å². The third kappa shape index (κ3) is 3.36. The zero-order valence-electron chi connectivity index (χ0n) is 11.5. The van der Waals surface area contributed by atoms with Crippen molar-refractivity contribution in [1.82, 2.24) is 0 Å². The Morgan fingerprint density at radius 2 is 1.63 bits per heavy atom. The molecule has 0 nitrogen and oxygen atoms in total. The Hall–Kier alpha value is -1.34. The highest BCUT2D eigenvalue weighted by Gasteiger charge is 2.14. The quantitative estimate of drug-likeness (QED) is 0.670. The molecule has 0 saturated heterocycles. The maximum atomic E-state index is 13.9. The lowest BCUT2D eigenvalue weighted by molar-refractivity contribution is 0.604. The van der Waals surface area contributed by atoms with E-state index in [9.17, 15) is 4.39 Å². The lowest BCUT2D eigenvalue weighted by atomic mass is 9.97. The second-order valence-corrected chi connectivity index (χ2v) is 5.65. The Kier molecular flexibility index (Phi) is 4.26. The minimum absolute atomic E-state index is 0.217. The van der Waals surface area contributed by atoms with Crippen LogP contribution >= 0.6 is 11.6 Å². The van der Waals surface area contributed by atoms with E-state index < -0.39 is 0 Å². The minimum atomic E-state index is -0.332. The van der Waals surface area contributed by atoms with Gasteiger partial charge in [0.2, 0.25) is 0 Å². The average molecular weight is 277 g/mol. The first-order chi connectivity index (χ1) is 8.97. The van der Waals surface area contributed by atoms with Crippen LogP contribution in [-0.2, 0) is 6.42 Å². The SMILES string of the molecule is Cc1ccc(C(Cl)Cc2cc(C)ccc2C)c(F)c1. The lowest BCUT2D eigenvalue weighted by Crippen LogP contribution is -2.01. The van der Waals surface area contributed by atoms with Crippen molar-refractivity contribution in [3.8, 4) is 0 Å². The van der Waals surface area contributed by atoms with E-state index in [1.54, 1.807) is 6.07 Å². The summed E-state index contributed by atoms with van der Waals surface area (Å²) in [6, 6.07) is 11.5. The monoisotopic (exact) mass is 276 g/mol. The molecule has 2 aromatic carbocycles. The maximum absolute atomic E-state index is 13.9. The van der Waals surface area contributed by atoms with Gasteiger partial charge < -0.3 is 0 Å². The zero-order valence-corrected chi connectivity index (χ0v) is 12.3. The molecule has 0 N–H and O–H groups in total. The number of benzene rings is 2. The molecule has 0 fully saturated rings. The summed E-state index contributed by atoms with van der Waals surface area (Å²) in [4.78, 5) is 0. The summed E-state index contributed by atoms with van der Waals surface area (Å²) in [5.41, 5.74) is 5.07. The van der Waals surface area contributed by atoms with Gasteiger partial charge in [0.25, 0.3) is 0 Å². The van der Waals surface area contributed by atoms with E-state index >= 15 is 0 Å². The third-order valence-electron chi connectivity index (χ3n) is 3.40. The van der Waals surface area contributed by atoms with Crippen LogP contribution in [0.5, 0.6) is 0 Å². The number of rotatable bonds is 3. The van der Waals surface area contributed by atoms with E-state index in [0.29, 0.717) is 12.0 Å². The molecule has 0 bridgehead atoms. The van der Waals surface area contributed by atoms with Crippen molar-refractivity contribution in [3.05, 3.63) is 70.0 Å². The van der Waals surface area contributed by atoms with Gasteiger partial charge in [0.05, 0.1) is 5.38 Å². The van der Waals surface area contributed by atoms with Gasteiger partial charge in [0.15, 0.2) is 0 Å². The molecule has 0 radical (unpaired) electrons. The molecule has 2 rings (SSSR count). The van der Waals surface area contributed by atoms with Crippen molar-refractivity contribution in [2.45, 2.75) is 32.6 Å². The van der Waals surface area contributed by atoms with Gasteiger partial charge in [-0.15, -0.1) is 11.6 Å². The molecular formula is C17H18ClF. The van der Waals surface area contributed by atoms with Gasteiger partial charge in [-0.2, -0.15) is 0 Å². The fourth-order valence-corrected chi connectivity index (χ4v) is 2.55. The van der Waals surface area contributed by atoms with E-state index in [4.69, 9.17) is 11.6 Å². The summed E-state index contributed by atoms with van der Waals surface area (Å²) in [5, 5.41) is -0.332. The van der Waals surface area contributed by atoms with Crippen molar-refractivity contribution in [1.29, 1.82) is 0 Å². The molecule has 1 unspecified atom stereocenters. The molecular weight excluding hydrogens is 259 g/mol. The summed E-state index contributed by atoms with van der Waals surface area (Å²) in [6.07, 6.45) is 0.648. The number of aryl methyl sites for hydroxylation is 3. The van der Waals surface area contributed by atoms with E-state index in [0.717, 1.165) is 5.56 Å². The van der Waals surface area contributed by atoms with Gasteiger partial charge >= 0.3 is 0 Å². The van der Waals surface area contributed by atoms with Crippen LogP contribution in [0.4, 0.5) is 4.39 Å². The van der Waals surface area contributed by atoms with Gasteiger partial charge in [-0.05, 0) is 49.9 Å². The van der Waals surface area contributed by atoms with Gasteiger partial charge in [-0.1, -0.05) is 35.9 Å². The molecule has 0 aromatic heterocycles. The molecule has 100 valence electrons. The van der Waals surface area contributed by atoms with E-state index in [-0.39, 0.29) is 11.2 Å². The molecule has 0 heterocycles. The Morgan fingerprint density at radius 1 is 1.00 bits per heavy atom. The van der Waals surface area contributed by atoms with E-state index in [1.807, 2.05) is 13.0 Å². The zero-order chi connectivity index (χ0) is 14.0. The van der Waals surface area contributed by atoms with Gasteiger partial charge in [0.1, 0.15) is 5.82 Å². The Bertz CT molecular complexity index is 590. The van der Waals surface area contributed by atoms with Crippen molar-refractivity contribution < 1.29 is 4.39 Å². The first-order valence-corrected chi connectivity index (χ1v) is 6.87. The third-order valence-corrected chi connectivity index (χ3v) is 3.79. The molecule has 0 saturated carbocycles. The van der Waals surface area contributed by atoms with Crippen molar-refractivity contribution in [2.75, 3.05) is 0 Å². The number of alkyl halides is 1. The highest BCUT2D eigenvalue weighted by Crippen LogP contribution is 2.29. The summed E-state index contributed by atoms with van der Waals surface area (Å²) in [6.45, 7) is 5.99. The fraction of sp³-hybridized carbons (Fsp3) is 0.294. The highest BCUT2D eigenvalue weighted by atomic mass is 35.5. The maximum Gasteiger partial charge on any atom is 0.128 e. The highest BCUT2D eigenvalue weighted by molar-refractivity contribution is 6.21. The summed E-state index contributed by atoms with van der Waals surface area (Å²) >= 11 is 6.38. The Balaban J connectivity index is 2.25. The summed E-state index contributed by atoms with van der Waals surface area (Å²) < 4.78 is 13.9. The van der Waals surface area contributed by atoms with Gasteiger partial charge in [-0.25, -0.2) is 4.39 Å². The minimum Gasteiger partial charge on any atom is -0.207 e. The number of hydrogen-bond acceptors (Lipinski definition) is 0. The standard InChI is InChI=1S/C17H18ClF/c1-11-4-6-13(3)14(8-11)10-16(18)15-7-5-12(2)9-17(15)19/h4-9,16H,10H2,1-3H3. The topological polar surface area (TPSA) is 0 Å². The largest absolute Gasteiger partial charge is 0.207 e. The Morgan fingerprint density at radius 3 is 2.32 bits per heavy atom. The first-order valence-electron chi connectivity index (χ1n) is 6.43. The van der Waals surface area contributed by atoms with Crippen LogP contribution in [0.1, 0.15) is 33.2 Å². The van der Waals surface area contributed by atoms with Crippen LogP contribution in [0.2, 0.25) is 0 Å². The predicted octanol–water partition coefficient (Wildman–Crippen LogP) is 5.27. The summed E-state index contributed by atoms with van der Waals surface area (Å²) in [5.74, 6) is -0.217. The van der Waals surface area contributed by atoms with E-state index in [1.165, 1.54) is 22.8 Å². The van der Waals surface area contributed by atoms with Crippen molar-refractivity contribution in [2.24, 2.45) is 0 Å². The second kappa shape index (κ2) is 5.75. The van der Waals surface area contributed by atoms with Crippen molar-refractivity contribution in [3.63, 3.8) is 0 Å². The molecule has 1 atom stereocenters. The van der Waals surface area contributed by atoms with E-state index in [2.05, 4.69) is 32.0 Å². The number of hydrogen-bond donors (Lipinski definition) is 0. The molecule has 2 heteroatoms. The fourth-order valence-electron chi connectivity index (χ4n) is 2.21. The van der Waals surface area contributed by atoms with Crippen LogP contribution in [0, 0.1) is 26.6 Å². The summed E-state index contributed by atoms with van der Waals surface area (Å²) in [7, 11) is 0. The first kappa shape index (κ1) is 14.1. The van der Waals surface area contributed by atoms with Crippen LogP contribution < -0.4 is 0 Å². The smallest absolute Gasteiger partial charge is 0.128 e. The lowest BCUT2D eigenvalue weighted by Gasteiger charge is -2.14. The van der Waals surface area contributed by atoms with Gasteiger partial charge in [0, 0.05) is 5.56 Å².